The minimum atomic E-state index is -1.74. The first kappa shape index (κ1) is 22.2. The number of hydrogen-bond acceptors (Lipinski definition) is 6. The molecule has 2 saturated heterocycles. The Balaban J connectivity index is 1.67. The Morgan fingerprint density at radius 3 is 2.38 bits per heavy atom. The maximum absolute atomic E-state index is 13.7. The van der Waals surface area contributed by atoms with Crippen molar-refractivity contribution >= 4 is 28.8 Å². The van der Waals surface area contributed by atoms with Gasteiger partial charge in [0.1, 0.15) is 22.6 Å². The molecule has 176 valence electrons. The molecule has 8 nitrogen and oxygen atoms in total. The molecular weight excluding hydrogens is 436 g/mol. The van der Waals surface area contributed by atoms with Crippen LogP contribution in [0.3, 0.4) is 0 Å². The molecule has 0 radical (unpaired) electrons. The van der Waals surface area contributed by atoms with Crippen LogP contribution in [0.5, 0.6) is 5.75 Å². The number of carboxylic acids is 1. The first-order valence-electron chi connectivity index (χ1n) is 11.2. The van der Waals surface area contributed by atoms with Gasteiger partial charge in [-0.3, -0.25) is 24.6 Å². The number of phenols is 1. The van der Waals surface area contributed by atoms with Gasteiger partial charge in [-0.15, -0.1) is 0 Å². The molecule has 34 heavy (non-hydrogen) atoms. The van der Waals surface area contributed by atoms with Gasteiger partial charge in [0.2, 0.25) is 11.8 Å². The highest BCUT2D eigenvalue weighted by atomic mass is 16.4. The Kier molecular flexibility index (Phi) is 4.84. The maximum Gasteiger partial charge on any atom is 0.325 e. The number of para-hydroxylation sites is 1. The Morgan fingerprint density at radius 1 is 1.09 bits per heavy atom. The largest absolute Gasteiger partial charge is 0.508 e. The van der Waals surface area contributed by atoms with Crippen molar-refractivity contribution in [3.05, 3.63) is 65.9 Å². The number of benzene rings is 2. The molecule has 2 fully saturated rings. The minimum Gasteiger partial charge on any atom is -0.508 e. The van der Waals surface area contributed by atoms with E-state index in [0.717, 1.165) is 5.39 Å². The fourth-order valence-electron chi connectivity index (χ4n) is 5.43. The highest BCUT2D eigenvalue weighted by molar-refractivity contribution is 6.10. The van der Waals surface area contributed by atoms with E-state index in [1.807, 2.05) is 18.2 Å². The molecule has 0 aliphatic carbocycles. The van der Waals surface area contributed by atoms with Crippen molar-refractivity contribution in [1.82, 2.24) is 10.2 Å². The zero-order chi connectivity index (χ0) is 24.4. The summed E-state index contributed by atoms with van der Waals surface area (Å²) in [6, 6.07) is 14.5. The molecular formula is C26H26N2O6. The molecule has 5 rings (SSSR count). The summed E-state index contributed by atoms with van der Waals surface area (Å²) < 4.78 is 6.03. The maximum atomic E-state index is 13.7. The fraction of sp³-hybridized carbons (Fsp3) is 0.346. The van der Waals surface area contributed by atoms with Crippen LogP contribution in [0, 0.1) is 11.8 Å². The number of aliphatic carboxylic acids is 1. The fourth-order valence-corrected chi connectivity index (χ4v) is 5.43. The zero-order valence-corrected chi connectivity index (χ0v) is 19.1. The third kappa shape index (κ3) is 3.20. The number of carboxylic acid groups (broad SMARTS) is 1. The van der Waals surface area contributed by atoms with Gasteiger partial charge in [-0.2, -0.15) is 0 Å². The van der Waals surface area contributed by atoms with Gasteiger partial charge in [0.05, 0.1) is 17.9 Å². The van der Waals surface area contributed by atoms with E-state index in [0.29, 0.717) is 16.9 Å². The summed E-state index contributed by atoms with van der Waals surface area (Å²) in [7, 11) is 0. The summed E-state index contributed by atoms with van der Waals surface area (Å²) >= 11 is 0. The number of likely N-dealkylation sites (tertiary alicyclic amines) is 1. The second kappa shape index (κ2) is 7.43. The van der Waals surface area contributed by atoms with Gasteiger partial charge in [0.25, 0.3) is 0 Å². The van der Waals surface area contributed by atoms with Gasteiger partial charge in [0, 0.05) is 17.3 Å². The Hall–Kier alpha value is -3.65. The second-order valence-electron chi connectivity index (χ2n) is 10.1. The van der Waals surface area contributed by atoms with Gasteiger partial charge in [-0.1, -0.05) is 30.3 Å². The number of hydrogen-bond donors (Lipinski definition) is 3. The molecule has 3 aromatic rings. The third-order valence-electron chi connectivity index (χ3n) is 6.88. The zero-order valence-electron chi connectivity index (χ0n) is 19.1. The van der Waals surface area contributed by atoms with E-state index in [1.54, 1.807) is 45.0 Å². The summed E-state index contributed by atoms with van der Waals surface area (Å²) in [4.78, 5) is 41.4. The van der Waals surface area contributed by atoms with Crippen LogP contribution in [0.25, 0.3) is 11.0 Å². The average Bonchev–Trinajstić information content (AvgIpc) is 3.41. The van der Waals surface area contributed by atoms with E-state index >= 15 is 0 Å². The van der Waals surface area contributed by atoms with Crippen LogP contribution in [0.15, 0.2) is 59.0 Å². The SMILES string of the molecule is CC(C)(C)N1C(=O)C2C(c3cc4ccccc4o3)NC(Cc3ccc(O)cc3)(C(=O)O)C2C1=O. The van der Waals surface area contributed by atoms with Crippen LogP contribution in [0.2, 0.25) is 0 Å². The highest BCUT2D eigenvalue weighted by Gasteiger charge is 2.70. The average molecular weight is 463 g/mol. The molecule has 8 heteroatoms. The Morgan fingerprint density at radius 2 is 1.76 bits per heavy atom. The van der Waals surface area contributed by atoms with Crippen molar-refractivity contribution in [3.8, 4) is 5.75 Å². The molecule has 0 spiro atoms. The summed E-state index contributed by atoms with van der Waals surface area (Å²) in [5.74, 6) is -3.71. The Labute approximate surface area is 196 Å². The number of carbonyl (C=O) groups excluding carboxylic acids is 2. The number of carbonyl (C=O) groups is 3. The molecule has 2 amide bonds. The van der Waals surface area contributed by atoms with Gasteiger partial charge in [-0.05, 0) is 50.6 Å². The van der Waals surface area contributed by atoms with Gasteiger partial charge in [0.15, 0.2) is 0 Å². The molecule has 2 aliphatic rings. The molecule has 2 aromatic carbocycles. The van der Waals surface area contributed by atoms with Gasteiger partial charge in [-0.25, -0.2) is 0 Å². The molecule has 2 aliphatic heterocycles. The summed E-state index contributed by atoms with van der Waals surface area (Å²) in [5, 5.41) is 24.1. The van der Waals surface area contributed by atoms with Crippen molar-refractivity contribution in [2.75, 3.05) is 0 Å². The van der Waals surface area contributed by atoms with Crippen LogP contribution in [0.4, 0.5) is 0 Å². The predicted molar refractivity (Wildman–Crippen MR) is 123 cm³/mol. The number of furan rings is 1. The number of imide groups is 1. The van der Waals surface area contributed by atoms with E-state index in [1.165, 1.54) is 17.0 Å². The number of nitrogens with zero attached hydrogens (tertiary/aromatic N) is 1. The third-order valence-corrected chi connectivity index (χ3v) is 6.88. The van der Waals surface area contributed by atoms with Crippen LogP contribution < -0.4 is 5.32 Å². The van der Waals surface area contributed by atoms with E-state index in [-0.39, 0.29) is 12.2 Å². The number of rotatable bonds is 4. The molecule has 4 atom stereocenters. The van der Waals surface area contributed by atoms with Crippen LogP contribution in [-0.4, -0.2) is 44.0 Å². The first-order valence-corrected chi connectivity index (χ1v) is 11.2. The summed E-state index contributed by atoms with van der Waals surface area (Å²) in [6.07, 6.45) is -0.0441. The van der Waals surface area contributed by atoms with E-state index in [2.05, 4.69) is 5.32 Å². The summed E-state index contributed by atoms with van der Waals surface area (Å²) in [6.45, 7) is 5.28. The van der Waals surface area contributed by atoms with Crippen LogP contribution in [0.1, 0.15) is 38.1 Å². The van der Waals surface area contributed by atoms with Crippen molar-refractivity contribution in [2.24, 2.45) is 11.8 Å². The molecule has 4 unspecified atom stereocenters. The standard InChI is InChI=1S/C26H26N2O6/c1-25(2,3)28-22(30)19-20(23(28)31)26(24(32)33,13-14-8-10-16(29)11-9-14)27-21(19)18-12-15-6-4-5-7-17(15)34-18/h4-12,19-21,27,29H,13H2,1-3H3,(H,32,33). The summed E-state index contributed by atoms with van der Waals surface area (Å²) in [5.41, 5.74) is -1.31. The topological polar surface area (TPSA) is 120 Å². The Bertz CT molecular complexity index is 1270. The second-order valence-corrected chi connectivity index (χ2v) is 10.1. The van der Waals surface area contributed by atoms with Crippen LogP contribution >= 0.6 is 0 Å². The van der Waals surface area contributed by atoms with Crippen molar-refractivity contribution < 1.29 is 29.0 Å². The van der Waals surface area contributed by atoms with E-state index in [9.17, 15) is 24.6 Å². The smallest absolute Gasteiger partial charge is 0.325 e. The number of fused-ring (bicyclic) bond motifs is 2. The number of amides is 2. The molecule has 3 heterocycles. The lowest BCUT2D eigenvalue weighted by Crippen LogP contribution is -2.58. The molecule has 1 aromatic heterocycles. The highest BCUT2D eigenvalue weighted by Crippen LogP contribution is 2.52. The lowest BCUT2D eigenvalue weighted by Gasteiger charge is -2.35. The van der Waals surface area contributed by atoms with Crippen LogP contribution in [-0.2, 0) is 20.8 Å². The van der Waals surface area contributed by atoms with Gasteiger partial charge >= 0.3 is 5.97 Å². The van der Waals surface area contributed by atoms with E-state index in [4.69, 9.17) is 4.42 Å². The number of phenolic OH excluding ortho intramolecular Hbond substituents is 1. The quantitative estimate of drug-likeness (QED) is 0.509. The molecule has 0 saturated carbocycles. The predicted octanol–water partition coefficient (Wildman–Crippen LogP) is 3.25. The lowest BCUT2D eigenvalue weighted by atomic mass is 9.76. The number of aromatic hydroxyl groups is 1. The number of nitrogens with one attached hydrogen (secondary N) is 1. The first-order chi connectivity index (χ1) is 16.0. The molecule has 0 bridgehead atoms. The van der Waals surface area contributed by atoms with Crippen molar-refractivity contribution in [1.29, 1.82) is 0 Å². The normalized spacial score (nSPS) is 26.9. The minimum absolute atomic E-state index is 0.0441. The monoisotopic (exact) mass is 462 g/mol. The molecule has 3 N–H and O–H groups in total. The lowest BCUT2D eigenvalue weighted by molar-refractivity contribution is -0.153. The van der Waals surface area contributed by atoms with Crippen molar-refractivity contribution in [2.45, 2.75) is 44.3 Å². The van der Waals surface area contributed by atoms with Crippen molar-refractivity contribution in [3.63, 3.8) is 0 Å². The van der Waals surface area contributed by atoms with Gasteiger partial charge < -0.3 is 14.6 Å². The van der Waals surface area contributed by atoms with E-state index < -0.39 is 46.7 Å².